The maximum atomic E-state index is 12.2. The lowest BCUT2D eigenvalue weighted by Crippen LogP contribution is -2.57. The van der Waals surface area contributed by atoms with E-state index in [0.717, 1.165) is 25.9 Å². The number of nitrogens with zero attached hydrogens (tertiary/aromatic N) is 1. The quantitative estimate of drug-likeness (QED) is 0.336. The summed E-state index contributed by atoms with van der Waals surface area (Å²) in [7, 11) is 0. The molecule has 2 amide bonds. The van der Waals surface area contributed by atoms with E-state index in [4.69, 9.17) is 14.9 Å². The molecular weight excluding hydrogens is 470 g/mol. The van der Waals surface area contributed by atoms with E-state index in [1.54, 1.807) is 20.1 Å². The van der Waals surface area contributed by atoms with Gasteiger partial charge in [-0.3, -0.25) is 14.5 Å². The Hall–Kier alpha value is -3.65. The second kappa shape index (κ2) is 11.6. The predicted molar refractivity (Wildman–Crippen MR) is 142 cm³/mol. The fourth-order valence-electron chi connectivity index (χ4n) is 5.03. The van der Waals surface area contributed by atoms with Crippen molar-refractivity contribution in [1.29, 1.82) is 0 Å². The van der Waals surface area contributed by atoms with Gasteiger partial charge in [0.2, 0.25) is 11.8 Å². The van der Waals surface area contributed by atoms with Crippen LogP contribution in [0.5, 0.6) is 5.75 Å². The molecule has 2 heterocycles. The lowest BCUT2D eigenvalue weighted by molar-refractivity contribution is -0.135. The second-order valence-electron chi connectivity index (χ2n) is 10.2. The Kier molecular flexibility index (Phi) is 8.76. The average molecular weight is 508 g/mol. The summed E-state index contributed by atoms with van der Waals surface area (Å²) in [5.41, 5.74) is 9.28. The van der Waals surface area contributed by atoms with Gasteiger partial charge in [0, 0.05) is 29.3 Å². The number of hydrogen-bond acceptors (Lipinski definition) is 6. The number of primary amides is 1. The number of carbonyl (C=O) groups excluding carboxylic acids is 3. The van der Waals surface area contributed by atoms with E-state index in [1.807, 2.05) is 24.5 Å². The maximum absolute atomic E-state index is 12.2. The fourth-order valence-corrected chi connectivity index (χ4v) is 5.03. The van der Waals surface area contributed by atoms with Gasteiger partial charge >= 0.3 is 5.97 Å². The van der Waals surface area contributed by atoms with E-state index in [1.165, 1.54) is 16.7 Å². The van der Waals surface area contributed by atoms with E-state index in [0.29, 0.717) is 28.9 Å². The number of rotatable bonds is 7. The average Bonchev–Trinajstić information content (AvgIpc) is 3.35. The first-order valence-corrected chi connectivity index (χ1v) is 12.4. The number of benzene rings is 1. The number of fused-ring (bicyclic) bond motifs is 4. The van der Waals surface area contributed by atoms with Crippen molar-refractivity contribution in [3.05, 3.63) is 77.8 Å². The van der Waals surface area contributed by atoms with Gasteiger partial charge in [0.05, 0.1) is 12.5 Å². The highest BCUT2D eigenvalue weighted by Gasteiger charge is 2.48. The van der Waals surface area contributed by atoms with Crippen molar-refractivity contribution in [2.75, 3.05) is 13.1 Å². The topological polar surface area (TPSA) is 115 Å². The van der Waals surface area contributed by atoms with E-state index in [9.17, 15) is 14.4 Å². The molecule has 0 saturated carbocycles. The highest BCUT2D eigenvalue weighted by molar-refractivity contribution is 5.94. The van der Waals surface area contributed by atoms with Crippen molar-refractivity contribution in [1.82, 2.24) is 10.2 Å². The molecule has 1 aromatic heterocycles. The van der Waals surface area contributed by atoms with E-state index in [2.05, 4.69) is 43.3 Å². The van der Waals surface area contributed by atoms with Crippen molar-refractivity contribution in [3.63, 3.8) is 0 Å². The smallest absolute Gasteiger partial charge is 0.330 e. The molecule has 1 fully saturated rings. The van der Waals surface area contributed by atoms with Gasteiger partial charge in [-0.2, -0.15) is 0 Å². The molecule has 1 aliphatic carbocycles. The van der Waals surface area contributed by atoms with Gasteiger partial charge in [-0.05, 0) is 73.9 Å². The first-order chi connectivity index (χ1) is 17.4. The third kappa shape index (κ3) is 6.57. The molecule has 8 nitrogen and oxygen atoms in total. The molecular formula is C29H37N3O5. The highest BCUT2D eigenvalue weighted by atomic mass is 16.5. The number of amides is 2. The molecule has 1 aromatic carbocycles. The van der Waals surface area contributed by atoms with Crippen LogP contribution in [0.25, 0.3) is 0 Å². The number of furan rings is 1. The Morgan fingerprint density at radius 1 is 1.22 bits per heavy atom. The standard InChI is InChI=1S/C25H30N2O4.C4H7NO/c1-16(2)24(29)26-13-23(28)31-20-6-5-19-11-22-17(3)25(4,21(19)12-20)8-9-27(22)14-18-7-10-30-15-18;1-3(2)4(5)6/h5-7,10,12,15,17,22H,1,8-9,11,13-14H2,2-4H3,(H,26,29);1H2,2H3,(H2,5,6)/t17-,22+,25+;/m0./s1. The Balaban J connectivity index is 0.000000568. The van der Waals surface area contributed by atoms with Crippen LogP contribution in [0.15, 0.2) is 65.5 Å². The molecule has 2 bridgehead atoms. The minimum absolute atomic E-state index is 0.0295. The van der Waals surface area contributed by atoms with Gasteiger partial charge in [0.15, 0.2) is 0 Å². The molecule has 1 aliphatic heterocycles. The van der Waals surface area contributed by atoms with E-state index >= 15 is 0 Å². The zero-order valence-electron chi connectivity index (χ0n) is 22.1. The third-order valence-electron chi connectivity index (χ3n) is 7.49. The van der Waals surface area contributed by atoms with Crippen molar-refractivity contribution < 1.29 is 23.5 Å². The summed E-state index contributed by atoms with van der Waals surface area (Å²) in [6.07, 6.45) is 5.58. The van der Waals surface area contributed by atoms with Gasteiger partial charge in [0.1, 0.15) is 12.3 Å². The minimum Gasteiger partial charge on any atom is -0.472 e. The van der Waals surface area contributed by atoms with Crippen molar-refractivity contribution in [3.8, 4) is 5.75 Å². The molecule has 3 N–H and O–H groups in total. The summed E-state index contributed by atoms with van der Waals surface area (Å²) in [6, 6.07) is 8.46. The van der Waals surface area contributed by atoms with Crippen LogP contribution in [0.3, 0.4) is 0 Å². The summed E-state index contributed by atoms with van der Waals surface area (Å²) in [5, 5.41) is 2.51. The van der Waals surface area contributed by atoms with Crippen molar-refractivity contribution >= 4 is 17.8 Å². The van der Waals surface area contributed by atoms with Crippen LogP contribution < -0.4 is 15.8 Å². The van der Waals surface area contributed by atoms with Crippen LogP contribution in [0.1, 0.15) is 50.8 Å². The van der Waals surface area contributed by atoms with E-state index in [-0.39, 0.29) is 17.9 Å². The van der Waals surface area contributed by atoms with Crippen molar-refractivity contribution in [2.24, 2.45) is 11.7 Å². The Morgan fingerprint density at radius 3 is 2.51 bits per heavy atom. The normalized spacial score (nSPS) is 22.1. The van der Waals surface area contributed by atoms with Crippen LogP contribution in [-0.2, 0) is 32.8 Å². The van der Waals surface area contributed by atoms with Crippen molar-refractivity contribution in [2.45, 2.75) is 58.5 Å². The van der Waals surface area contributed by atoms with Gasteiger partial charge in [-0.1, -0.05) is 33.1 Å². The Bertz CT molecular complexity index is 1170. The molecule has 8 heteroatoms. The van der Waals surface area contributed by atoms with Gasteiger partial charge in [-0.25, -0.2) is 4.79 Å². The van der Waals surface area contributed by atoms with Crippen LogP contribution in [0.4, 0.5) is 0 Å². The van der Waals surface area contributed by atoms with Gasteiger partial charge in [0.25, 0.3) is 0 Å². The monoisotopic (exact) mass is 507 g/mol. The Labute approximate surface area is 218 Å². The molecule has 0 spiro atoms. The minimum atomic E-state index is -0.489. The first kappa shape index (κ1) is 27.9. The summed E-state index contributed by atoms with van der Waals surface area (Å²) in [6.45, 7) is 16.4. The first-order valence-electron chi connectivity index (χ1n) is 12.4. The number of nitrogens with two attached hydrogens (primary N) is 1. The third-order valence-corrected chi connectivity index (χ3v) is 7.49. The van der Waals surface area contributed by atoms with Crippen LogP contribution in [-0.4, -0.2) is 41.8 Å². The second-order valence-corrected chi connectivity index (χ2v) is 10.2. The molecule has 0 unspecified atom stereocenters. The molecule has 2 aliphatic rings. The molecule has 37 heavy (non-hydrogen) atoms. The zero-order chi connectivity index (χ0) is 27.3. The lowest BCUT2D eigenvalue weighted by atomic mass is 9.59. The summed E-state index contributed by atoms with van der Waals surface area (Å²) >= 11 is 0. The summed E-state index contributed by atoms with van der Waals surface area (Å²) in [5.74, 6) is -0.272. The zero-order valence-corrected chi connectivity index (χ0v) is 22.1. The molecule has 198 valence electrons. The summed E-state index contributed by atoms with van der Waals surface area (Å²) < 4.78 is 10.8. The van der Waals surface area contributed by atoms with Crippen LogP contribution in [0, 0.1) is 5.92 Å². The largest absolute Gasteiger partial charge is 0.472 e. The molecule has 2 aromatic rings. The number of likely N-dealkylation sites (tertiary alicyclic amines) is 1. The highest BCUT2D eigenvalue weighted by Crippen LogP contribution is 2.49. The van der Waals surface area contributed by atoms with Gasteiger partial charge < -0.3 is 20.2 Å². The fraction of sp³-hybridized carbons (Fsp3) is 0.414. The van der Waals surface area contributed by atoms with Gasteiger partial charge in [-0.15, -0.1) is 0 Å². The van der Waals surface area contributed by atoms with Crippen LogP contribution >= 0.6 is 0 Å². The molecule has 3 atom stereocenters. The number of ether oxygens (including phenoxy) is 1. The Morgan fingerprint density at radius 2 is 1.92 bits per heavy atom. The number of carbonyl (C=O) groups is 3. The van der Waals surface area contributed by atoms with E-state index < -0.39 is 11.9 Å². The molecule has 0 radical (unpaired) electrons. The predicted octanol–water partition coefficient (Wildman–Crippen LogP) is 3.65. The van der Waals surface area contributed by atoms with Crippen LogP contribution in [0.2, 0.25) is 0 Å². The lowest BCUT2D eigenvalue weighted by Gasteiger charge is -2.54. The number of hydrogen-bond donors (Lipinski definition) is 2. The molecule has 4 rings (SSSR count). The number of nitrogens with one attached hydrogen (secondary N) is 1. The molecule has 1 saturated heterocycles. The number of piperidine rings is 1. The summed E-state index contributed by atoms with van der Waals surface area (Å²) in [4.78, 5) is 36.2. The SMILES string of the molecule is C=C(C)C(=O)NCC(=O)Oc1ccc2c(c1)[C@]1(C)CCN(Cc3ccoc3)[C@H](C2)[C@@H]1C.C=C(C)C(N)=O. The number of esters is 1. The maximum Gasteiger partial charge on any atom is 0.330 e.